The monoisotopic (exact) mass is 297 g/mol. The van der Waals surface area contributed by atoms with Gasteiger partial charge >= 0.3 is 0 Å². The minimum absolute atomic E-state index is 0.0335. The van der Waals surface area contributed by atoms with Gasteiger partial charge in [-0.15, -0.1) is 11.3 Å². The number of amides is 1. The van der Waals surface area contributed by atoms with Crippen molar-refractivity contribution >= 4 is 22.2 Å². The van der Waals surface area contributed by atoms with Gasteiger partial charge in [0, 0.05) is 17.0 Å². The number of aryl methyl sites for hydroxylation is 1. The number of nitriles is 1. The highest BCUT2D eigenvalue weighted by Gasteiger charge is 2.26. The SMILES string of the molecule is Cc1ccc(C(=O)N2CCc3c(sc(N)c3C#N)C2)cc1. The van der Waals surface area contributed by atoms with Crippen LogP contribution in [0.15, 0.2) is 24.3 Å². The molecule has 1 aromatic carbocycles. The molecule has 2 heterocycles. The molecule has 0 saturated carbocycles. The molecule has 1 aromatic heterocycles. The third-order valence-electron chi connectivity index (χ3n) is 3.78. The minimum atomic E-state index is 0.0335. The van der Waals surface area contributed by atoms with Crippen molar-refractivity contribution in [3.8, 4) is 6.07 Å². The lowest BCUT2D eigenvalue weighted by atomic mass is 10.0. The van der Waals surface area contributed by atoms with E-state index in [1.807, 2.05) is 36.1 Å². The summed E-state index contributed by atoms with van der Waals surface area (Å²) in [7, 11) is 0. The number of benzene rings is 1. The molecule has 106 valence electrons. The van der Waals surface area contributed by atoms with Crippen LogP contribution in [0, 0.1) is 18.3 Å². The summed E-state index contributed by atoms with van der Waals surface area (Å²) in [6, 6.07) is 9.77. The van der Waals surface area contributed by atoms with Gasteiger partial charge in [0.1, 0.15) is 11.1 Å². The Morgan fingerprint density at radius 2 is 2.10 bits per heavy atom. The van der Waals surface area contributed by atoms with Crippen molar-refractivity contribution in [1.82, 2.24) is 4.90 Å². The molecule has 2 N–H and O–H groups in total. The standard InChI is InChI=1S/C16H15N3OS/c1-10-2-4-11(5-3-10)16(20)19-7-6-12-13(8-17)15(18)21-14(12)9-19/h2-5H,6-7,9,18H2,1H3. The average Bonchev–Trinajstić information content (AvgIpc) is 2.81. The van der Waals surface area contributed by atoms with Gasteiger partial charge < -0.3 is 10.6 Å². The number of carbonyl (C=O) groups excluding carboxylic acids is 1. The number of carbonyl (C=O) groups is 1. The third-order valence-corrected chi connectivity index (χ3v) is 4.83. The number of nitrogens with zero attached hydrogens (tertiary/aromatic N) is 2. The lowest BCUT2D eigenvalue weighted by Gasteiger charge is -2.27. The van der Waals surface area contributed by atoms with Gasteiger partial charge in [0.05, 0.1) is 12.1 Å². The van der Waals surface area contributed by atoms with Gasteiger partial charge in [-0.25, -0.2) is 0 Å². The van der Waals surface area contributed by atoms with Gasteiger partial charge in [0.15, 0.2) is 0 Å². The fourth-order valence-electron chi connectivity index (χ4n) is 2.60. The maximum Gasteiger partial charge on any atom is 0.254 e. The lowest BCUT2D eigenvalue weighted by Crippen LogP contribution is -2.35. The first-order chi connectivity index (χ1) is 10.1. The van der Waals surface area contributed by atoms with E-state index in [4.69, 9.17) is 11.0 Å². The smallest absolute Gasteiger partial charge is 0.254 e. The zero-order valence-corrected chi connectivity index (χ0v) is 12.5. The molecule has 21 heavy (non-hydrogen) atoms. The molecule has 0 aliphatic carbocycles. The summed E-state index contributed by atoms with van der Waals surface area (Å²) in [6.45, 7) is 3.17. The molecule has 4 nitrogen and oxygen atoms in total. The Morgan fingerprint density at radius 3 is 2.76 bits per heavy atom. The Hall–Kier alpha value is -2.32. The maximum atomic E-state index is 12.5. The topological polar surface area (TPSA) is 70.1 Å². The largest absolute Gasteiger partial charge is 0.389 e. The molecule has 0 fully saturated rings. The van der Waals surface area contributed by atoms with Crippen molar-refractivity contribution in [2.75, 3.05) is 12.3 Å². The van der Waals surface area contributed by atoms with Crippen LogP contribution in [0.3, 0.4) is 0 Å². The molecule has 0 saturated heterocycles. The number of thiophene rings is 1. The molecule has 2 aromatic rings. The fraction of sp³-hybridized carbons (Fsp3) is 0.250. The van der Waals surface area contributed by atoms with Crippen LogP contribution in [0.2, 0.25) is 0 Å². The van der Waals surface area contributed by atoms with Crippen LogP contribution in [-0.2, 0) is 13.0 Å². The summed E-state index contributed by atoms with van der Waals surface area (Å²) >= 11 is 1.42. The molecule has 1 amide bonds. The maximum absolute atomic E-state index is 12.5. The molecule has 1 aliphatic heterocycles. The van der Waals surface area contributed by atoms with Crippen LogP contribution >= 0.6 is 11.3 Å². The highest BCUT2D eigenvalue weighted by molar-refractivity contribution is 7.16. The van der Waals surface area contributed by atoms with Crippen molar-refractivity contribution in [1.29, 1.82) is 5.26 Å². The van der Waals surface area contributed by atoms with Crippen molar-refractivity contribution in [2.45, 2.75) is 19.9 Å². The van der Waals surface area contributed by atoms with Crippen LogP contribution in [-0.4, -0.2) is 17.4 Å². The second-order valence-corrected chi connectivity index (χ2v) is 6.33. The van der Waals surface area contributed by atoms with Gasteiger partial charge in [0.2, 0.25) is 0 Å². The Balaban J connectivity index is 1.85. The molecule has 0 atom stereocenters. The molecule has 0 bridgehead atoms. The summed E-state index contributed by atoms with van der Waals surface area (Å²) in [5.41, 5.74) is 9.33. The molecule has 5 heteroatoms. The van der Waals surface area contributed by atoms with Gasteiger partial charge in [-0.2, -0.15) is 5.26 Å². The van der Waals surface area contributed by atoms with E-state index in [-0.39, 0.29) is 5.91 Å². The van der Waals surface area contributed by atoms with E-state index < -0.39 is 0 Å². The Bertz CT molecular complexity index is 740. The van der Waals surface area contributed by atoms with Crippen LogP contribution in [0.1, 0.15) is 31.9 Å². The molecular weight excluding hydrogens is 282 g/mol. The van der Waals surface area contributed by atoms with Crippen LogP contribution in [0.5, 0.6) is 0 Å². The van der Waals surface area contributed by atoms with E-state index in [9.17, 15) is 4.79 Å². The van der Waals surface area contributed by atoms with Gasteiger partial charge in [0.25, 0.3) is 5.91 Å². The highest BCUT2D eigenvalue weighted by Crippen LogP contribution is 2.34. The van der Waals surface area contributed by atoms with E-state index in [2.05, 4.69) is 6.07 Å². The minimum Gasteiger partial charge on any atom is -0.389 e. The summed E-state index contributed by atoms with van der Waals surface area (Å²) < 4.78 is 0. The number of fused-ring (bicyclic) bond motifs is 1. The quantitative estimate of drug-likeness (QED) is 0.879. The molecule has 0 unspecified atom stereocenters. The van der Waals surface area contributed by atoms with Crippen LogP contribution in [0.25, 0.3) is 0 Å². The van der Waals surface area contributed by atoms with E-state index in [0.717, 1.165) is 16.0 Å². The highest BCUT2D eigenvalue weighted by atomic mass is 32.1. The molecular formula is C16H15N3OS. The van der Waals surface area contributed by atoms with E-state index in [1.165, 1.54) is 11.3 Å². The summed E-state index contributed by atoms with van der Waals surface area (Å²) in [5.74, 6) is 0.0335. The molecule has 0 radical (unpaired) electrons. The van der Waals surface area contributed by atoms with Crippen molar-refractivity contribution in [3.05, 3.63) is 51.4 Å². The van der Waals surface area contributed by atoms with E-state index in [1.54, 1.807) is 0 Å². The fourth-order valence-corrected chi connectivity index (χ4v) is 3.68. The van der Waals surface area contributed by atoms with E-state index in [0.29, 0.717) is 35.6 Å². The van der Waals surface area contributed by atoms with Crippen molar-refractivity contribution in [2.24, 2.45) is 0 Å². The Morgan fingerprint density at radius 1 is 1.38 bits per heavy atom. The Labute approximate surface area is 127 Å². The van der Waals surface area contributed by atoms with Gasteiger partial charge in [-0.05, 0) is 31.0 Å². The number of nitrogen functional groups attached to an aromatic ring is 1. The third kappa shape index (κ3) is 2.39. The van der Waals surface area contributed by atoms with Gasteiger partial charge in [-0.3, -0.25) is 4.79 Å². The van der Waals surface area contributed by atoms with Crippen molar-refractivity contribution in [3.63, 3.8) is 0 Å². The normalized spacial score (nSPS) is 13.6. The number of rotatable bonds is 1. The van der Waals surface area contributed by atoms with Crippen LogP contribution in [0.4, 0.5) is 5.00 Å². The second-order valence-electron chi connectivity index (χ2n) is 5.20. The first-order valence-corrected chi connectivity index (χ1v) is 7.58. The average molecular weight is 297 g/mol. The van der Waals surface area contributed by atoms with E-state index >= 15 is 0 Å². The predicted octanol–water partition coefficient (Wildman–Crippen LogP) is 2.71. The molecule has 3 rings (SSSR count). The number of hydrogen-bond donors (Lipinski definition) is 1. The first kappa shape index (κ1) is 13.7. The number of nitrogens with two attached hydrogens (primary N) is 1. The second kappa shape index (κ2) is 5.23. The predicted molar refractivity (Wildman–Crippen MR) is 83.1 cm³/mol. The zero-order chi connectivity index (χ0) is 15.0. The summed E-state index contributed by atoms with van der Waals surface area (Å²) in [5, 5.41) is 9.70. The number of anilines is 1. The molecule has 1 aliphatic rings. The van der Waals surface area contributed by atoms with Gasteiger partial charge in [-0.1, -0.05) is 17.7 Å². The van der Waals surface area contributed by atoms with Crippen LogP contribution < -0.4 is 5.73 Å². The molecule has 0 spiro atoms. The Kier molecular flexibility index (Phi) is 3.40. The first-order valence-electron chi connectivity index (χ1n) is 6.76. The summed E-state index contributed by atoms with van der Waals surface area (Å²) in [4.78, 5) is 15.4. The van der Waals surface area contributed by atoms with Crippen molar-refractivity contribution < 1.29 is 4.79 Å². The summed E-state index contributed by atoms with van der Waals surface area (Å²) in [6.07, 6.45) is 0.698. The lowest BCUT2D eigenvalue weighted by molar-refractivity contribution is 0.0737. The zero-order valence-electron chi connectivity index (χ0n) is 11.7. The number of hydrogen-bond acceptors (Lipinski definition) is 4.